The van der Waals surface area contributed by atoms with Gasteiger partial charge in [-0.2, -0.15) is 0 Å². The zero-order chi connectivity index (χ0) is 13.2. The molecule has 0 radical (unpaired) electrons. The molecule has 1 aliphatic heterocycles. The van der Waals surface area contributed by atoms with Crippen molar-refractivity contribution >= 4 is 11.6 Å². The molecule has 1 heterocycles. The Morgan fingerprint density at radius 1 is 1.33 bits per heavy atom. The normalized spacial score (nSPS) is 27.9. The van der Waals surface area contributed by atoms with E-state index in [1.165, 1.54) is 11.1 Å². The summed E-state index contributed by atoms with van der Waals surface area (Å²) in [4.78, 5) is 0. The molecule has 0 N–H and O–H groups in total. The van der Waals surface area contributed by atoms with E-state index in [1.54, 1.807) is 0 Å². The molecular formula is C16H23ClO. The fraction of sp³-hybridized carbons (Fsp3) is 0.625. The average Bonchev–Trinajstić information content (AvgIpc) is 2.72. The summed E-state index contributed by atoms with van der Waals surface area (Å²) in [5.41, 5.74) is 2.90. The van der Waals surface area contributed by atoms with Crippen LogP contribution in [0.1, 0.15) is 44.2 Å². The van der Waals surface area contributed by atoms with Crippen LogP contribution >= 0.6 is 11.6 Å². The first kappa shape index (κ1) is 13.9. The lowest BCUT2D eigenvalue weighted by Crippen LogP contribution is -2.33. The molecule has 2 heteroatoms. The molecule has 0 amide bonds. The molecule has 2 rings (SSSR count). The van der Waals surface area contributed by atoms with Crippen LogP contribution in [0.15, 0.2) is 24.3 Å². The van der Waals surface area contributed by atoms with Gasteiger partial charge < -0.3 is 4.74 Å². The standard InChI is InChI=1S/C16H23ClO/c1-12(2)15-6-4-14(5-7-15)10-16(11-17)8-9-18-13(16)3/h4-7,12-13H,8-11H2,1-3H3. The van der Waals surface area contributed by atoms with Crippen molar-refractivity contribution in [3.63, 3.8) is 0 Å². The van der Waals surface area contributed by atoms with E-state index < -0.39 is 0 Å². The lowest BCUT2D eigenvalue weighted by atomic mass is 9.78. The molecule has 1 aromatic carbocycles. The molecule has 1 saturated heterocycles. The second kappa shape index (κ2) is 5.63. The summed E-state index contributed by atoms with van der Waals surface area (Å²) >= 11 is 6.21. The fourth-order valence-corrected chi connectivity index (χ4v) is 3.15. The van der Waals surface area contributed by atoms with Gasteiger partial charge in [0.1, 0.15) is 0 Å². The smallest absolute Gasteiger partial charge is 0.0618 e. The van der Waals surface area contributed by atoms with Crippen molar-refractivity contribution in [3.8, 4) is 0 Å². The number of ether oxygens (including phenoxy) is 1. The molecule has 0 spiro atoms. The summed E-state index contributed by atoms with van der Waals surface area (Å²) in [7, 11) is 0. The molecule has 0 aromatic heterocycles. The van der Waals surface area contributed by atoms with Crippen molar-refractivity contribution in [1.29, 1.82) is 0 Å². The van der Waals surface area contributed by atoms with Crippen molar-refractivity contribution in [3.05, 3.63) is 35.4 Å². The predicted molar refractivity (Wildman–Crippen MR) is 77.4 cm³/mol. The fourth-order valence-electron chi connectivity index (χ4n) is 2.70. The maximum Gasteiger partial charge on any atom is 0.0618 e. The highest BCUT2D eigenvalue weighted by atomic mass is 35.5. The van der Waals surface area contributed by atoms with Crippen LogP contribution in [0.5, 0.6) is 0 Å². The first-order valence-corrected chi connectivity index (χ1v) is 7.37. The van der Waals surface area contributed by atoms with Gasteiger partial charge in [-0.3, -0.25) is 0 Å². The van der Waals surface area contributed by atoms with E-state index in [0.717, 1.165) is 19.4 Å². The van der Waals surface area contributed by atoms with E-state index in [4.69, 9.17) is 16.3 Å². The van der Waals surface area contributed by atoms with Gasteiger partial charge in [0.2, 0.25) is 0 Å². The van der Waals surface area contributed by atoms with E-state index in [9.17, 15) is 0 Å². The summed E-state index contributed by atoms with van der Waals surface area (Å²) < 4.78 is 5.71. The minimum atomic E-state index is 0.126. The monoisotopic (exact) mass is 266 g/mol. The van der Waals surface area contributed by atoms with Gasteiger partial charge in [0.15, 0.2) is 0 Å². The van der Waals surface area contributed by atoms with Gasteiger partial charge in [0.05, 0.1) is 6.10 Å². The average molecular weight is 267 g/mol. The van der Waals surface area contributed by atoms with Crippen LogP contribution in [0.3, 0.4) is 0 Å². The third kappa shape index (κ3) is 2.73. The Balaban J connectivity index is 2.13. The molecule has 0 aliphatic carbocycles. The molecule has 0 bridgehead atoms. The van der Waals surface area contributed by atoms with Crippen LogP contribution in [0.2, 0.25) is 0 Å². The highest BCUT2D eigenvalue weighted by Gasteiger charge is 2.40. The molecule has 2 unspecified atom stereocenters. The topological polar surface area (TPSA) is 9.23 Å². The molecular weight excluding hydrogens is 244 g/mol. The van der Waals surface area contributed by atoms with Gasteiger partial charge in [0, 0.05) is 17.9 Å². The Hall–Kier alpha value is -0.530. The van der Waals surface area contributed by atoms with Crippen LogP contribution in [-0.4, -0.2) is 18.6 Å². The number of hydrogen-bond acceptors (Lipinski definition) is 1. The van der Waals surface area contributed by atoms with E-state index >= 15 is 0 Å². The largest absolute Gasteiger partial charge is 0.378 e. The van der Waals surface area contributed by atoms with Gasteiger partial charge in [0.25, 0.3) is 0 Å². The van der Waals surface area contributed by atoms with Crippen molar-refractivity contribution in [2.45, 2.75) is 45.6 Å². The maximum absolute atomic E-state index is 6.21. The minimum Gasteiger partial charge on any atom is -0.378 e. The number of benzene rings is 1. The van der Waals surface area contributed by atoms with Crippen LogP contribution in [0.4, 0.5) is 0 Å². The van der Waals surface area contributed by atoms with E-state index in [-0.39, 0.29) is 11.5 Å². The van der Waals surface area contributed by atoms with Gasteiger partial charge >= 0.3 is 0 Å². The van der Waals surface area contributed by atoms with Gasteiger partial charge in [-0.25, -0.2) is 0 Å². The molecule has 1 aromatic rings. The number of halogens is 1. The Kier molecular flexibility index (Phi) is 4.34. The SMILES string of the molecule is CC(C)c1ccc(CC2(CCl)CCOC2C)cc1. The summed E-state index contributed by atoms with van der Waals surface area (Å²) in [6.45, 7) is 7.44. The van der Waals surface area contributed by atoms with Crippen LogP contribution in [-0.2, 0) is 11.2 Å². The quantitative estimate of drug-likeness (QED) is 0.735. The summed E-state index contributed by atoms with van der Waals surface area (Å²) in [5.74, 6) is 1.27. The van der Waals surface area contributed by atoms with Crippen molar-refractivity contribution in [1.82, 2.24) is 0 Å². The Bertz CT molecular complexity index is 385. The van der Waals surface area contributed by atoms with E-state index in [1.807, 2.05) is 0 Å². The van der Waals surface area contributed by atoms with Crippen LogP contribution < -0.4 is 0 Å². The third-order valence-corrected chi connectivity index (χ3v) is 4.83. The predicted octanol–water partition coefficient (Wildman–Crippen LogP) is 4.39. The second-order valence-corrected chi connectivity index (χ2v) is 6.10. The number of hydrogen-bond donors (Lipinski definition) is 0. The minimum absolute atomic E-state index is 0.126. The molecule has 18 heavy (non-hydrogen) atoms. The lowest BCUT2D eigenvalue weighted by molar-refractivity contribution is 0.0735. The first-order chi connectivity index (χ1) is 8.57. The zero-order valence-electron chi connectivity index (χ0n) is 11.6. The Morgan fingerprint density at radius 3 is 2.44 bits per heavy atom. The highest BCUT2D eigenvalue weighted by molar-refractivity contribution is 6.18. The maximum atomic E-state index is 6.21. The molecule has 0 saturated carbocycles. The van der Waals surface area contributed by atoms with Gasteiger partial charge in [-0.1, -0.05) is 38.1 Å². The molecule has 2 atom stereocenters. The summed E-state index contributed by atoms with van der Waals surface area (Å²) in [6.07, 6.45) is 2.36. The summed E-state index contributed by atoms with van der Waals surface area (Å²) in [5, 5.41) is 0. The van der Waals surface area contributed by atoms with Gasteiger partial charge in [-0.05, 0) is 36.8 Å². The first-order valence-electron chi connectivity index (χ1n) is 6.84. The Labute approximate surface area is 115 Å². The van der Waals surface area contributed by atoms with Crippen molar-refractivity contribution in [2.75, 3.05) is 12.5 Å². The number of rotatable bonds is 4. The molecule has 1 nitrogen and oxygen atoms in total. The molecule has 1 aliphatic rings. The number of alkyl halides is 1. The second-order valence-electron chi connectivity index (χ2n) is 5.83. The van der Waals surface area contributed by atoms with Crippen LogP contribution in [0, 0.1) is 5.41 Å². The lowest BCUT2D eigenvalue weighted by Gasteiger charge is -2.30. The van der Waals surface area contributed by atoms with Gasteiger partial charge in [-0.15, -0.1) is 11.6 Å². The van der Waals surface area contributed by atoms with Crippen LogP contribution in [0.25, 0.3) is 0 Å². The van der Waals surface area contributed by atoms with E-state index in [0.29, 0.717) is 11.8 Å². The summed E-state index contributed by atoms with van der Waals surface area (Å²) in [6, 6.07) is 8.97. The molecule has 100 valence electrons. The zero-order valence-corrected chi connectivity index (χ0v) is 12.3. The van der Waals surface area contributed by atoms with Crippen molar-refractivity contribution < 1.29 is 4.74 Å². The van der Waals surface area contributed by atoms with Crippen molar-refractivity contribution in [2.24, 2.45) is 5.41 Å². The Morgan fingerprint density at radius 2 is 2.00 bits per heavy atom. The highest BCUT2D eigenvalue weighted by Crippen LogP contribution is 2.39. The molecule has 1 fully saturated rings. The third-order valence-electron chi connectivity index (χ3n) is 4.30. The van der Waals surface area contributed by atoms with E-state index in [2.05, 4.69) is 45.0 Å².